The molecule has 0 radical (unpaired) electrons. The zero-order chi connectivity index (χ0) is 15.0. The lowest BCUT2D eigenvalue weighted by Crippen LogP contribution is -2.30. The van der Waals surface area contributed by atoms with Crippen molar-refractivity contribution in [3.8, 4) is 5.75 Å². The maximum absolute atomic E-state index is 10.9. The summed E-state index contributed by atoms with van der Waals surface area (Å²) in [7, 11) is 0. The van der Waals surface area contributed by atoms with Crippen LogP contribution >= 0.6 is 11.6 Å². The van der Waals surface area contributed by atoms with E-state index in [-0.39, 0.29) is 22.9 Å². The van der Waals surface area contributed by atoms with Crippen molar-refractivity contribution in [3.05, 3.63) is 10.8 Å². The Morgan fingerprint density at radius 1 is 1.42 bits per heavy atom. The monoisotopic (exact) mass is 289 g/mol. The van der Waals surface area contributed by atoms with Crippen molar-refractivity contribution in [2.24, 2.45) is 5.73 Å². The lowest BCUT2D eigenvalue weighted by atomic mass is 9.91. The summed E-state index contributed by atoms with van der Waals surface area (Å²) in [6, 6.07) is 0. The Kier molecular flexibility index (Phi) is 4.17. The van der Waals surface area contributed by atoms with E-state index < -0.39 is 11.7 Å². The summed E-state index contributed by atoms with van der Waals surface area (Å²) < 4.78 is 6.48. The van der Waals surface area contributed by atoms with Crippen molar-refractivity contribution < 1.29 is 14.6 Å². The highest BCUT2D eigenvalue weighted by Gasteiger charge is 2.31. The van der Waals surface area contributed by atoms with E-state index in [9.17, 15) is 9.90 Å². The van der Waals surface area contributed by atoms with Crippen LogP contribution in [0.25, 0.3) is 0 Å². The van der Waals surface area contributed by atoms with Crippen molar-refractivity contribution in [2.45, 2.75) is 52.2 Å². The molecule has 0 aromatic carbocycles. The minimum Gasteiger partial charge on any atom is -0.405 e. The van der Waals surface area contributed by atoms with Crippen LogP contribution in [0.2, 0.25) is 5.15 Å². The molecule has 1 aromatic heterocycles. The number of carbonyl (C=O) groups excluding carboxylic acids is 1. The number of aliphatic hydroxyl groups is 1. The van der Waals surface area contributed by atoms with Crippen molar-refractivity contribution >= 4 is 17.7 Å². The molecular weight excluding hydrogens is 270 g/mol. The van der Waals surface area contributed by atoms with Gasteiger partial charge in [-0.05, 0) is 13.8 Å². The first-order valence-corrected chi connectivity index (χ1v) is 6.26. The number of rotatable bonds is 3. The van der Waals surface area contributed by atoms with Crippen LogP contribution in [0.5, 0.6) is 5.75 Å². The molecule has 0 aliphatic rings. The molecule has 0 bridgehead atoms. The number of halogens is 1. The molecule has 7 heteroatoms. The van der Waals surface area contributed by atoms with Crippen LogP contribution in [0.15, 0.2) is 0 Å². The molecule has 6 nitrogen and oxygen atoms in total. The predicted molar refractivity (Wildman–Crippen MR) is 72.4 cm³/mol. The molecular formula is C12H20ClN3O3. The fourth-order valence-corrected chi connectivity index (χ4v) is 2.04. The smallest absolute Gasteiger partial charge is 0.405 e. The van der Waals surface area contributed by atoms with E-state index in [2.05, 4.69) is 5.10 Å². The van der Waals surface area contributed by atoms with Gasteiger partial charge in [0.05, 0.1) is 17.8 Å². The number of hydrogen-bond acceptors (Lipinski definition) is 4. The van der Waals surface area contributed by atoms with Gasteiger partial charge in [0.1, 0.15) is 0 Å². The molecule has 0 aliphatic heterocycles. The summed E-state index contributed by atoms with van der Waals surface area (Å²) in [6.07, 6.45) is -0.949. The van der Waals surface area contributed by atoms with Crippen LogP contribution in [0.3, 0.4) is 0 Å². The summed E-state index contributed by atoms with van der Waals surface area (Å²) >= 11 is 5.98. The van der Waals surface area contributed by atoms with Crippen LogP contribution in [0.1, 0.15) is 40.3 Å². The number of carbonyl (C=O) groups is 1. The molecule has 0 spiro atoms. The maximum Gasteiger partial charge on any atom is 0.410 e. The molecule has 3 N–H and O–H groups in total. The van der Waals surface area contributed by atoms with Crippen molar-refractivity contribution in [1.82, 2.24) is 9.78 Å². The third kappa shape index (κ3) is 4.11. The zero-order valence-electron chi connectivity index (χ0n) is 11.8. The molecule has 1 aromatic rings. The molecule has 108 valence electrons. The average Bonchev–Trinajstić information content (AvgIpc) is 2.37. The summed E-state index contributed by atoms with van der Waals surface area (Å²) in [4.78, 5) is 10.9. The Morgan fingerprint density at radius 3 is 2.32 bits per heavy atom. The first-order chi connectivity index (χ1) is 8.42. The highest BCUT2D eigenvalue weighted by Crippen LogP contribution is 2.37. The molecule has 19 heavy (non-hydrogen) atoms. The fourth-order valence-electron chi connectivity index (χ4n) is 1.82. The second-order valence-electron chi connectivity index (χ2n) is 6.11. The van der Waals surface area contributed by atoms with E-state index in [1.807, 2.05) is 20.8 Å². The topological polar surface area (TPSA) is 90.4 Å². The molecule has 0 fully saturated rings. The minimum atomic E-state index is -0.973. The predicted octanol–water partition coefficient (Wildman–Crippen LogP) is 2.06. The second-order valence-corrected chi connectivity index (χ2v) is 6.47. The molecule has 0 saturated heterocycles. The van der Waals surface area contributed by atoms with E-state index in [0.717, 1.165) is 0 Å². The third-order valence-electron chi connectivity index (χ3n) is 2.32. The number of amides is 1. The van der Waals surface area contributed by atoms with E-state index >= 15 is 0 Å². The SMILES string of the molecule is CC(C)(O)Cn1nc(Cl)c(OC(N)=O)c1C(C)(C)C. The normalized spacial score (nSPS) is 12.6. The van der Waals surface area contributed by atoms with Gasteiger partial charge < -0.3 is 15.6 Å². The van der Waals surface area contributed by atoms with Gasteiger partial charge >= 0.3 is 6.09 Å². The van der Waals surface area contributed by atoms with Gasteiger partial charge in [-0.25, -0.2) is 4.79 Å². The standard InChI is InChI=1S/C12H20ClN3O3/c1-11(2,3)8-7(19-10(14)17)9(13)15-16(8)6-12(4,5)18/h18H,6H2,1-5H3,(H2,14,17). The number of nitrogens with two attached hydrogens (primary N) is 1. The van der Waals surface area contributed by atoms with Crippen LogP contribution in [0.4, 0.5) is 4.79 Å². The Hall–Kier alpha value is -1.27. The van der Waals surface area contributed by atoms with Crippen molar-refractivity contribution in [2.75, 3.05) is 0 Å². The van der Waals surface area contributed by atoms with E-state index in [1.165, 1.54) is 0 Å². The van der Waals surface area contributed by atoms with Crippen LogP contribution < -0.4 is 10.5 Å². The van der Waals surface area contributed by atoms with Gasteiger partial charge in [-0.1, -0.05) is 32.4 Å². The highest BCUT2D eigenvalue weighted by atomic mass is 35.5. The Bertz CT molecular complexity index is 484. The Labute approximate surface area is 117 Å². The van der Waals surface area contributed by atoms with Gasteiger partial charge in [0.2, 0.25) is 0 Å². The van der Waals surface area contributed by atoms with Gasteiger partial charge in [0, 0.05) is 5.41 Å². The first-order valence-electron chi connectivity index (χ1n) is 5.88. The van der Waals surface area contributed by atoms with E-state index in [0.29, 0.717) is 5.69 Å². The van der Waals surface area contributed by atoms with Crippen LogP contribution in [-0.2, 0) is 12.0 Å². The number of nitrogens with zero attached hydrogens (tertiary/aromatic N) is 2. The van der Waals surface area contributed by atoms with E-state index in [1.54, 1.807) is 18.5 Å². The number of hydrogen-bond donors (Lipinski definition) is 2. The molecule has 0 aliphatic carbocycles. The fraction of sp³-hybridized carbons (Fsp3) is 0.667. The zero-order valence-corrected chi connectivity index (χ0v) is 12.6. The molecule has 0 atom stereocenters. The van der Waals surface area contributed by atoms with E-state index in [4.69, 9.17) is 22.1 Å². The summed E-state index contributed by atoms with van der Waals surface area (Å²) in [5.74, 6) is 0.144. The largest absolute Gasteiger partial charge is 0.410 e. The van der Waals surface area contributed by atoms with Gasteiger partial charge in [-0.3, -0.25) is 4.68 Å². The highest BCUT2D eigenvalue weighted by molar-refractivity contribution is 6.31. The lowest BCUT2D eigenvalue weighted by Gasteiger charge is -2.25. The van der Waals surface area contributed by atoms with Crippen molar-refractivity contribution in [3.63, 3.8) is 0 Å². The quantitative estimate of drug-likeness (QED) is 0.891. The Balaban J connectivity index is 3.36. The molecule has 1 rings (SSSR count). The summed E-state index contributed by atoms with van der Waals surface area (Å²) in [5.41, 5.74) is 4.29. The second kappa shape index (κ2) is 5.02. The van der Waals surface area contributed by atoms with Crippen molar-refractivity contribution in [1.29, 1.82) is 0 Å². The molecule has 1 heterocycles. The van der Waals surface area contributed by atoms with Gasteiger partial charge in [0.25, 0.3) is 0 Å². The number of ether oxygens (including phenoxy) is 1. The third-order valence-corrected chi connectivity index (χ3v) is 2.57. The van der Waals surface area contributed by atoms with Crippen LogP contribution in [-0.4, -0.2) is 26.6 Å². The summed E-state index contributed by atoms with van der Waals surface area (Å²) in [6.45, 7) is 9.31. The Morgan fingerprint density at radius 2 is 1.95 bits per heavy atom. The average molecular weight is 290 g/mol. The number of primary amides is 1. The van der Waals surface area contributed by atoms with Gasteiger partial charge in [0.15, 0.2) is 10.9 Å². The number of aromatic nitrogens is 2. The molecule has 1 amide bonds. The summed E-state index contributed by atoms with van der Waals surface area (Å²) in [5, 5.41) is 14.1. The maximum atomic E-state index is 10.9. The first kappa shape index (κ1) is 15.8. The minimum absolute atomic E-state index is 0.0491. The molecule has 0 unspecified atom stereocenters. The van der Waals surface area contributed by atoms with Gasteiger partial charge in [-0.2, -0.15) is 5.10 Å². The van der Waals surface area contributed by atoms with Crippen LogP contribution in [0, 0.1) is 0 Å². The van der Waals surface area contributed by atoms with Gasteiger partial charge in [-0.15, -0.1) is 0 Å². The lowest BCUT2D eigenvalue weighted by molar-refractivity contribution is 0.0559. The molecule has 0 saturated carbocycles.